The molecule has 0 saturated heterocycles. The van der Waals surface area contributed by atoms with Crippen molar-refractivity contribution < 1.29 is 14.3 Å². The highest BCUT2D eigenvalue weighted by Crippen LogP contribution is 2.32. The number of ether oxygens (including phenoxy) is 2. The van der Waals surface area contributed by atoms with Crippen molar-refractivity contribution in [3.05, 3.63) is 70.3 Å². The highest BCUT2D eigenvalue weighted by Gasteiger charge is 2.20. The summed E-state index contributed by atoms with van der Waals surface area (Å²) in [7, 11) is 0. The minimum Gasteiger partial charge on any atom is -0.454 e. The minimum absolute atomic E-state index is 0.0435. The zero-order chi connectivity index (χ0) is 22.8. The molecule has 1 aromatic heterocycles. The number of fused-ring (bicyclic) bond motifs is 2. The van der Waals surface area contributed by atoms with Crippen LogP contribution in [0.15, 0.2) is 36.4 Å². The molecule has 0 radical (unpaired) electrons. The van der Waals surface area contributed by atoms with Crippen molar-refractivity contribution in [1.82, 2.24) is 25.0 Å². The van der Waals surface area contributed by atoms with Crippen molar-refractivity contribution in [2.24, 2.45) is 0 Å². The van der Waals surface area contributed by atoms with Gasteiger partial charge in [0, 0.05) is 51.1 Å². The molecule has 0 saturated carbocycles. The van der Waals surface area contributed by atoms with Gasteiger partial charge in [-0.05, 0) is 43.2 Å². The summed E-state index contributed by atoms with van der Waals surface area (Å²) in [5, 5.41) is 11.9. The van der Waals surface area contributed by atoms with Gasteiger partial charge in [-0.25, -0.2) is 0 Å². The Labute approximate surface area is 193 Å². The predicted molar refractivity (Wildman–Crippen MR) is 124 cm³/mol. The van der Waals surface area contributed by atoms with Crippen molar-refractivity contribution >= 4 is 5.91 Å². The van der Waals surface area contributed by atoms with Crippen LogP contribution in [0.2, 0.25) is 0 Å². The number of aryl methyl sites for hydroxylation is 2. The quantitative estimate of drug-likeness (QED) is 0.626. The number of amides is 1. The summed E-state index contributed by atoms with van der Waals surface area (Å²) in [6.07, 6.45) is 1.51. The number of nitrogens with zero attached hydrogens (tertiary/aromatic N) is 4. The first kappa shape index (κ1) is 21.5. The molecule has 0 unspecified atom stereocenters. The molecule has 2 aliphatic rings. The number of carbonyl (C=O) groups excluding carboxylic acids is 1. The summed E-state index contributed by atoms with van der Waals surface area (Å²) >= 11 is 0. The number of nitrogens with one attached hydrogen (secondary N) is 1. The summed E-state index contributed by atoms with van der Waals surface area (Å²) in [5.41, 5.74) is 4.08. The normalized spacial score (nSPS) is 15.2. The molecule has 1 amide bonds. The van der Waals surface area contributed by atoms with E-state index in [2.05, 4.69) is 37.1 Å². The molecule has 1 N–H and O–H groups in total. The van der Waals surface area contributed by atoms with Crippen LogP contribution in [0.4, 0.5) is 0 Å². The van der Waals surface area contributed by atoms with Gasteiger partial charge in [-0.3, -0.25) is 9.69 Å². The van der Waals surface area contributed by atoms with Gasteiger partial charge in [0.1, 0.15) is 11.6 Å². The Hall–Kier alpha value is -3.39. The lowest BCUT2D eigenvalue weighted by Gasteiger charge is -2.19. The zero-order valence-electron chi connectivity index (χ0n) is 19.1. The van der Waals surface area contributed by atoms with Crippen LogP contribution in [-0.4, -0.2) is 52.0 Å². The third-order valence-corrected chi connectivity index (χ3v) is 6.30. The molecule has 0 atom stereocenters. The first-order valence-corrected chi connectivity index (χ1v) is 11.4. The lowest BCUT2D eigenvalue weighted by Crippen LogP contribution is -2.28. The van der Waals surface area contributed by atoms with Crippen molar-refractivity contribution in [3.63, 3.8) is 0 Å². The Balaban J connectivity index is 1.16. The average Bonchev–Trinajstić information content (AvgIpc) is 3.36. The lowest BCUT2D eigenvalue weighted by atomic mass is 10.1. The maximum absolute atomic E-state index is 12.6. The van der Waals surface area contributed by atoms with Crippen LogP contribution in [-0.2, 0) is 25.9 Å². The largest absolute Gasteiger partial charge is 0.454 e. The SMILES string of the molecule is Cc1ccc(C(=O)NCCc2nnc3n2CCN(Cc2ccc4c(c2)OCO4)CC3)c(C)c1. The van der Waals surface area contributed by atoms with Gasteiger partial charge < -0.3 is 19.4 Å². The smallest absolute Gasteiger partial charge is 0.251 e. The fourth-order valence-electron chi connectivity index (χ4n) is 4.52. The highest BCUT2D eigenvalue weighted by molar-refractivity contribution is 5.95. The van der Waals surface area contributed by atoms with Crippen molar-refractivity contribution in [2.45, 2.75) is 39.8 Å². The number of carbonyl (C=O) groups is 1. The predicted octanol–water partition coefficient (Wildman–Crippen LogP) is 2.65. The second kappa shape index (κ2) is 9.23. The van der Waals surface area contributed by atoms with E-state index < -0.39 is 0 Å². The molecule has 3 heterocycles. The maximum Gasteiger partial charge on any atom is 0.251 e. The number of aromatic nitrogens is 3. The van der Waals surface area contributed by atoms with Gasteiger partial charge in [-0.15, -0.1) is 10.2 Å². The van der Waals surface area contributed by atoms with Crippen LogP contribution in [0.3, 0.4) is 0 Å². The molecular formula is C25H29N5O3. The Morgan fingerprint density at radius 2 is 1.91 bits per heavy atom. The molecule has 0 spiro atoms. The van der Waals surface area contributed by atoms with Gasteiger partial charge in [-0.2, -0.15) is 0 Å². The van der Waals surface area contributed by atoms with Crippen molar-refractivity contribution in [1.29, 1.82) is 0 Å². The molecule has 0 bridgehead atoms. The molecule has 8 nitrogen and oxygen atoms in total. The zero-order valence-corrected chi connectivity index (χ0v) is 19.1. The van der Waals surface area contributed by atoms with Crippen LogP contribution < -0.4 is 14.8 Å². The molecule has 2 aromatic carbocycles. The molecular weight excluding hydrogens is 418 g/mol. The summed E-state index contributed by atoms with van der Waals surface area (Å²) in [5.74, 6) is 3.53. The second-order valence-corrected chi connectivity index (χ2v) is 8.72. The van der Waals surface area contributed by atoms with E-state index in [1.54, 1.807) is 0 Å². The number of hydrogen-bond acceptors (Lipinski definition) is 6. The summed E-state index contributed by atoms with van der Waals surface area (Å²) in [6, 6.07) is 12.0. The topological polar surface area (TPSA) is 81.5 Å². The van der Waals surface area contributed by atoms with E-state index in [0.29, 0.717) is 19.8 Å². The third kappa shape index (κ3) is 4.71. The fourth-order valence-corrected chi connectivity index (χ4v) is 4.52. The molecule has 8 heteroatoms. The molecule has 33 heavy (non-hydrogen) atoms. The van der Waals surface area contributed by atoms with E-state index in [-0.39, 0.29) is 5.91 Å². The van der Waals surface area contributed by atoms with Crippen LogP contribution in [0.5, 0.6) is 11.5 Å². The van der Waals surface area contributed by atoms with Gasteiger partial charge in [-0.1, -0.05) is 23.8 Å². The van der Waals surface area contributed by atoms with Gasteiger partial charge >= 0.3 is 0 Å². The van der Waals surface area contributed by atoms with Crippen LogP contribution >= 0.6 is 0 Å². The monoisotopic (exact) mass is 447 g/mol. The first-order chi connectivity index (χ1) is 16.1. The average molecular weight is 448 g/mol. The Bertz CT molecular complexity index is 1170. The van der Waals surface area contributed by atoms with Crippen LogP contribution in [0.25, 0.3) is 0 Å². The van der Waals surface area contributed by atoms with E-state index >= 15 is 0 Å². The third-order valence-electron chi connectivity index (χ3n) is 6.30. The number of hydrogen-bond donors (Lipinski definition) is 1. The van der Waals surface area contributed by atoms with Gasteiger partial charge in [0.05, 0.1) is 0 Å². The molecule has 3 aromatic rings. The Kier molecular flexibility index (Phi) is 6.00. The highest BCUT2D eigenvalue weighted by atomic mass is 16.7. The number of rotatable bonds is 6. The van der Waals surface area contributed by atoms with E-state index in [0.717, 1.165) is 72.4 Å². The Morgan fingerprint density at radius 3 is 2.79 bits per heavy atom. The van der Waals surface area contributed by atoms with E-state index in [4.69, 9.17) is 9.47 Å². The number of benzene rings is 2. The Morgan fingerprint density at radius 1 is 1.03 bits per heavy atom. The van der Waals surface area contributed by atoms with E-state index in [1.807, 2.05) is 38.1 Å². The van der Waals surface area contributed by atoms with E-state index in [1.165, 1.54) is 5.56 Å². The van der Waals surface area contributed by atoms with Gasteiger partial charge in [0.25, 0.3) is 5.91 Å². The van der Waals surface area contributed by atoms with Crippen LogP contribution in [0.1, 0.15) is 38.7 Å². The molecule has 0 fully saturated rings. The molecule has 172 valence electrons. The summed E-state index contributed by atoms with van der Waals surface area (Å²) in [4.78, 5) is 15.0. The maximum atomic E-state index is 12.6. The lowest BCUT2D eigenvalue weighted by molar-refractivity contribution is 0.0953. The van der Waals surface area contributed by atoms with Crippen molar-refractivity contribution in [3.8, 4) is 11.5 Å². The first-order valence-electron chi connectivity index (χ1n) is 11.4. The molecule has 2 aliphatic heterocycles. The van der Waals surface area contributed by atoms with Gasteiger partial charge in [0.2, 0.25) is 6.79 Å². The molecule has 0 aliphatic carbocycles. The van der Waals surface area contributed by atoms with E-state index in [9.17, 15) is 4.79 Å². The minimum atomic E-state index is -0.0435. The fraction of sp³-hybridized carbons (Fsp3) is 0.400. The van der Waals surface area contributed by atoms with Gasteiger partial charge in [0.15, 0.2) is 11.5 Å². The van der Waals surface area contributed by atoms with Crippen molar-refractivity contribution in [2.75, 3.05) is 26.4 Å². The summed E-state index contributed by atoms with van der Waals surface area (Å²) in [6.45, 7) is 8.37. The van der Waals surface area contributed by atoms with Crippen LogP contribution in [0, 0.1) is 13.8 Å². The summed E-state index contributed by atoms with van der Waals surface area (Å²) < 4.78 is 13.1. The molecule has 5 rings (SSSR count). The second-order valence-electron chi connectivity index (χ2n) is 8.72. The standard InChI is InChI=1S/C25H29N5O3/c1-17-3-5-20(18(2)13-17)25(31)26-9-7-23-27-28-24-8-10-29(11-12-30(23)24)15-19-4-6-21-22(14-19)33-16-32-21/h3-6,13-14H,7-12,15-16H2,1-2H3,(H,26,31).